The van der Waals surface area contributed by atoms with Crippen molar-refractivity contribution in [3.05, 3.63) is 59.7 Å². The smallest absolute Gasteiger partial charge is 0.322 e. The molecule has 2 atom stereocenters. The molecule has 0 radical (unpaired) electrons. The van der Waals surface area contributed by atoms with Gasteiger partial charge in [-0.2, -0.15) is 0 Å². The van der Waals surface area contributed by atoms with Crippen LogP contribution in [0.2, 0.25) is 0 Å². The number of aromatic nitrogens is 1. The maximum absolute atomic E-state index is 13.6. The lowest BCUT2D eigenvalue weighted by Crippen LogP contribution is -2.51. The molecule has 2 aliphatic heterocycles. The molecule has 2 aromatic rings. The first-order valence-electron chi connectivity index (χ1n) is 10.4. The van der Waals surface area contributed by atoms with Crippen LogP contribution in [0.3, 0.4) is 0 Å². The molecule has 2 saturated heterocycles. The van der Waals surface area contributed by atoms with Gasteiger partial charge in [0.25, 0.3) is 5.91 Å². The van der Waals surface area contributed by atoms with Crippen LogP contribution in [-0.2, 0) is 10.3 Å². The number of hydrogen-bond donors (Lipinski definition) is 3. The first-order valence-corrected chi connectivity index (χ1v) is 10.4. The van der Waals surface area contributed by atoms with E-state index in [-0.39, 0.29) is 12.2 Å². The number of anilines is 1. The number of aryl methyl sites for hydroxylation is 1. The van der Waals surface area contributed by atoms with Gasteiger partial charge in [-0.15, -0.1) is 0 Å². The summed E-state index contributed by atoms with van der Waals surface area (Å²) < 4.78 is 13.6. The van der Waals surface area contributed by atoms with Crippen molar-refractivity contribution >= 4 is 17.6 Å². The maximum atomic E-state index is 13.6. The van der Waals surface area contributed by atoms with Crippen LogP contribution in [0.4, 0.5) is 14.9 Å². The van der Waals surface area contributed by atoms with Crippen molar-refractivity contribution in [2.24, 2.45) is 0 Å². The molecule has 1 aromatic heterocycles. The molecule has 3 amide bonds. The van der Waals surface area contributed by atoms with Crippen LogP contribution in [-0.4, -0.2) is 59.3 Å². The number of imide groups is 1. The van der Waals surface area contributed by atoms with Crippen molar-refractivity contribution < 1.29 is 19.1 Å². The summed E-state index contributed by atoms with van der Waals surface area (Å²) in [7, 11) is 0. The first kappa shape index (κ1) is 21.2. The second kappa shape index (κ2) is 8.60. The number of hydrogen-bond acceptors (Lipinski definition) is 6. The number of halogens is 1. The minimum atomic E-state index is -1.24. The number of pyridine rings is 1. The Hall–Kier alpha value is -3.04. The van der Waals surface area contributed by atoms with E-state index >= 15 is 0 Å². The predicted octanol–water partition coefficient (Wildman–Crippen LogP) is 1.48. The lowest BCUT2D eigenvalue weighted by atomic mass is 9.86. The van der Waals surface area contributed by atoms with Gasteiger partial charge in [0.15, 0.2) is 0 Å². The molecule has 8 nitrogen and oxygen atoms in total. The molecule has 2 unspecified atom stereocenters. The van der Waals surface area contributed by atoms with Crippen molar-refractivity contribution in [3.63, 3.8) is 0 Å². The molecule has 2 fully saturated rings. The molecule has 3 heterocycles. The van der Waals surface area contributed by atoms with Crippen molar-refractivity contribution in [2.75, 3.05) is 31.1 Å². The molecule has 9 heteroatoms. The number of amides is 3. The number of piperazine rings is 1. The number of benzene rings is 1. The van der Waals surface area contributed by atoms with E-state index in [4.69, 9.17) is 0 Å². The summed E-state index contributed by atoms with van der Waals surface area (Å²) >= 11 is 0. The van der Waals surface area contributed by atoms with Crippen LogP contribution in [0, 0.1) is 12.7 Å². The van der Waals surface area contributed by atoms with Crippen LogP contribution >= 0.6 is 0 Å². The first-order chi connectivity index (χ1) is 14.9. The normalized spacial score (nSPS) is 22.9. The summed E-state index contributed by atoms with van der Waals surface area (Å²) in [6.45, 7) is 4.48. The van der Waals surface area contributed by atoms with E-state index in [1.165, 1.54) is 6.07 Å². The second-order valence-corrected chi connectivity index (χ2v) is 8.03. The third-order valence-electron chi connectivity index (χ3n) is 6.12. The highest BCUT2D eigenvalue weighted by atomic mass is 19.1. The highest BCUT2D eigenvalue weighted by Gasteiger charge is 2.48. The third-order valence-corrected chi connectivity index (χ3v) is 6.12. The van der Waals surface area contributed by atoms with E-state index in [1.54, 1.807) is 36.7 Å². The quantitative estimate of drug-likeness (QED) is 0.605. The Morgan fingerprint density at radius 1 is 1.23 bits per heavy atom. The average Bonchev–Trinajstić information content (AvgIpc) is 3.08. The predicted molar refractivity (Wildman–Crippen MR) is 113 cm³/mol. The molecular weight excluding hydrogens is 401 g/mol. The highest BCUT2D eigenvalue weighted by Crippen LogP contribution is 2.31. The van der Waals surface area contributed by atoms with Crippen molar-refractivity contribution in [3.8, 4) is 0 Å². The van der Waals surface area contributed by atoms with E-state index in [2.05, 4.69) is 20.5 Å². The minimum Gasteiger partial charge on any atom is -0.378 e. The number of carbonyl (C=O) groups excluding carboxylic acids is 2. The average molecular weight is 427 g/mol. The summed E-state index contributed by atoms with van der Waals surface area (Å²) in [6, 6.07) is 7.66. The Kier molecular flexibility index (Phi) is 5.88. The van der Waals surface area contributed by atoms with Gasteiger partial charge in [-0.3, -0.25) is 20.0 Å². The molecule has 0 spiro atoms. The zero-order valence-corrected chi connectivity index (χ0v) is 17.3. The van der Waals surface area contributed by atoms with E-state index in [1.807, 2.05) is 11.8 Å². The van der Waals surface area contributed by atoms with E-state index < -0.39 is 23.7 Å². The summed E-state index contributed by atoms with van der Waals surface area (Å²) in [6.07, 6.45) is 2.91. The standard InChI is InChI=1S/C22H26FN5O3/c1-15-4-5-17(23)13-18(15)27-9-11-28(12-10-27)19(29)6-7-22(16-3-2-8-24-14-16)20(30)25-21(31)26-22/h2-5,8,13-14,19,29H,6-7,9-12H2,1H3,(H2,25,26,30,31). The molecule has 2 aliphatic rings. The Morgan fingerprint density at radius 3 is 2.65 bits per heavy atom. The largest absolute Gasteiger partial charge is 0.378 e. The van der Waals surface area contributed by atoms with Crippen LogP contribution in [0.15, 0.2) is 42.7 Å². The van der Waals surface area contributed by atoms with Gasteiger partial charge in [-0.25, -0.2) is 9.18 Å². The van der Waals surface area contributed by atoms with Gasteiger partial charge in [0, 0.05) is 49.8 Å². The fraction of sp³-hybridized carbons (Fsp3) is 0.409. The Labute approximate surface area is 180 Å². The summed E-state index contributed by atoms with van der Waals surface area (Å²) in [5, 5.41) is 15.8. The third kappa shape index (κ3) is 4.24. The number of rotatable bonds is 6. The zero-order valence-electron chi connectivity index (χ0n) is 17.3. The molecule has 0 saturated carbocycles. The minimum absolute atomic E-state index is 0.237. The van der Waals surface area contributed by atoms with Gasteiger partial charge in [0.2, 0.25) is 0 Å². The molecule has 31 heavy (non-hydrogen) atoms. The number of aliphatic hydroxyl groups is 1. The van der Waals surface area contributed by atoms with Gasteiger partial charge in [-0.1, -0.05) is 12.1 Å². The summed E-state index contributed by atoms with van der Waals surface area (Å²) in [5.74, 6) is -0.704. The fourth-order valence-electron chi connectivity index (χ4n) is 4.34. The van der Waals surface area contributed by atoms with Gasteiger partial charge >= 0.3 is 6.03 Å². The maximum Gasteiger partial charge on any atom is 0.322 e. The number of carbonyl (C=O) groups is 2. The number of nitrogens with zero attached hydrogens (tertiary/aromatic N) is 3. The fourth-order valence-corrected chi connectivity index (χ4v) is 4.34. The highest BCUT2D eigenvalue weighted by molar-refractivity contribution is 6.07. The van der Waals surface area contributed by atoms with E-state index in [0.29, 0.717) is 38.2 Å². The second-order valence-electron chi connectivity index (χ2n) is 8.03. The topological polar surface area (TPSA) is 97.8 Å². The lowest BCUT2D eigenvalue weighted by Gasteiger charge is -2.39. The molecule has 0 bridgehead atoms. The lowest BCUT2D eigenvalue weighted by molar-refractivity contribution is -0.125. The molecule has 4 rings (SSSR count). The molecular formula is C22H26FN5O3. The summed E-state index contributed by atoms with van der Waals surface area (Å²) in [4.78, 5) is 32.6. The molecule has 0 aliphatic carbocycles. The van der Waals surface area contributed by atoms with E-state index in [0.717, 1.165) is 11.3 Å². The number of aliphatic hydroxyl groups excluding tert-OH is 1. The van der Waals surface area contributed by atoms with Crippen LogP contribution < -0.4 is 15.5 Å². The van der Waals surface area contributed by atoms with Gasteiger partial charge in [0.05, 0.1) is 0 Å². The Bertz CT molecular complexity index is 965. The van der Waals surface area contributed by atoms with Crippen molar-refractivity contribution in [2.45, 2.75) is 31.5 Å². The van der Waals surface area contributed by atoms with Gasteiger partial charge in [-0.05, 0) is 43.5 Å². The monoisotopic (exact) mass is 427 g/mol. The molecule has 3 N–H and O–H groups in total. The Balaban J connectivity index is 1.39. The molecule has 164 valence electrons. The Morgan fingerprint density at radius 2 is 2.00 bits per heavy atom. The van der Waals surface area contributed by atoms with Crippen molar-refractivity contribution in [1.82, 2.24) is 20.5 Å². The van der Waals surface area contributed by atoms with Gasteiger partial charge < -0.3 is 15.3 Å². The SMILES string of the molecule is Cc1ccc(F)cc1N1CCN(C(O)CCC2(c3cccnc3)NC(=O)NC2=O)CC1. The van der Waals surface area contributed by atoms with Crippen LogP contribution in [0.25, 0.3) is 0 Å². The van der Waals surface area contributed by atoms with Crippen LogP contribution in [0.1, 0.15) is 24.0 Å². The number of nitrogens with one attached hydrogen (secondary N) is 2. The number of urea groups is 1. The van der Waals surface area contributed by atoms with Crippen LogP contribution in [0.5, 0.6) is 0 Å². The zero-order chi connectivity index (χ0) is 22.0. The molecule has 1 aromatic carbocycles. The van der Waals surface area contributed by atoms with Gasteiger partial charge in [0.1, 0.15) is 17.6 Å². The summed E-state index contributed by atoms with van der Waals surface area (Å²) in [5.41, 5.74) is 1.22. The van der Waals surface area contributed by atoms with Crippen molar-refractivity contribution in [1.29, 1.82) is 0 Å². The van der Waals surface area contributed by atoms with E-state index in [9.17, 15) is 19.1 Å².